The molecule has 14 heavy (non-hydrogen) atoms. The molecule has 0 aromatic heterocycles. The molecule has 2 rings (SSSR count). The molecule has 0 bridgehead atoms. The van der Waals surface area contributed by atoms with Gasteiger partial charge in [0.15, 0.2) is 10.1 Å². The van der Waals surface area contributed by atoms with Crippen molar-refractivity contribution in [1.82, 2.24) is 5.32 Å². The number of rotatable bonds is 3. The van der Waals surface area contributed by atoms with E-state index in [0.29, 0.717) is 12.6 Å². The highest BCUT2D eigenvalue weighted by molar-refractivity contribution is 8.10. The highest BCUT2D eigenvalue weighted by atomic mass is 32.2. The molecule has 0 aromatic rings. The highest BCUT2D eigenvalue weighted by Gasteiger charge is 2.28. The van der Waals surface area contributed by atoms with Gasteiger partial charge in [-0.05, 0) is 12.8 Å². The van der Waals surface area contributed by atoms with E-state index in [4.69, 9.17) is 5.73 Å². The van der Waals surface area contributed by atoms with Gasteiger partial charge >= 0.3 is 0 Å². The molecule has 1 aliphatic heterocycles. The van der Waals surface area contributed by atoms with E-state index in [9.17, 15) is 8.42 Å². The van der Waals surface area contributed by atoms with E-state index in [2.05, 4.69) is 10.3 Å². The van der Waals surface area contributed by atoms with Crippen LogP contribution in [0.15, 0.2) is 16.2 Å². The van der Waals surface area contributed by atoms with Crippen molar-refractivity contribution in [2.45, 2.75) is 25.3 Å². The standard InChI is InChI=1S/C8H13N3O2S/c9-7-4-11-8(14(7,12)13)5-10-6-2-1-3-6/h4,6,10H,1-3,5,9H2. The first kappa shape index (κ1) is 9.67. The Morgan fingerprint density at radius 3 is 2.71 bits per heavy atom. The van der Waals surface area contributed by atoms with Crippen LogP contribution in [0, 0.1) is 0 Å². The third kappa shape index (κ3) is 1.55. The van der Waals surface area contributed by atoms with Gasteiger partial charge in [-0.15, -0.1) is 0 Å². The van der Waals surface area contributed by atoms with E-state index in [-0.39, 0.29) is 10.1 Å². The van der Waals surface area contributed by atoms with Crippen LogP contribution in [0.4, 0.5) is 0 Å². The zero-order valence-corrected chi connectivity index (χ0v) is 8.55. The number of nitrogens with one attached hydrogen (secondary N) is 1. The van der Waals surface area contributed by atoms with Crippen molar-refractivity contribution >= 4 is 14.9 Å². The van der Waals surface area contributed by atoms with Crippen molar-refractivity contribution in [3.05, 3.63) is 11.2 Å². The molecule has 1 heterocycles. The summed E-state index contributed by atoms with van der Waals surface area (Å²) in [6.07, 6.45) is 4.66. The summed E-state index contributed by atoms with van der Waals surface area (Å²) >= 11 is 0. The molecule has 2 aliphatic rings. The second kappa shape index (κ2) is 3.36. The van der Waals surface area contributed by atoms with Crippen molar-refractivity contribution < 1.29 is 8.42 Å². The lowest BCUT2D eigenvalue weighted by molar-refractivity contribution is 0.355. The summed E-state index contributed by atoms with van der Waals surface area (Å²) in [4.78, 5) is 3.78. The fourth-order valence-electron chi connectivity index (χ4n) is 1.40. The highest BCUT2D eigenvalue weighted by Crippen LogP contribution is 2.18. The monoisotopic (exact) mass is 215 g/mol. The third-order valence-electron chi connectivity index (χ3n) is 2.60. The topological polar surface area (TPSA) is 84.5 Å². The maximum atomic E-state index is 11.4. The lowest BCUT2D eigenvalue weighted by atomic mass is 9.93. The van der Waals surface area contributed by atoms with Crippen molar-refractivity contribution in [1.29, 1.82) is 0 Å². The van der Waals surface area contributed by atoms with E-state index in [1.54, 1.807) is 0 Å². The number of nitrogens with zero attached hydrogens (tertiary/aromatic N) is 1. The lowest BCUT2D eigenvalue weighted by Crippen LogP contribution is -2.40. The Hall–Kier alpha value is -0.880. The van der Waals surface area contributed by atoms with E-state index in [0.717, 1.165) is 12.8 Å². The van der Waals surface area contributed by atoms with Crippen molar-refractivity contribution in [2.75, 3.05) is 6.54 Å². The molecule has 0 saturated heterocycles. The van der Waals surface area contributed by atoms with Crippen LogP contribution >= 0.6 is 0 Å². The molecule has 5 nitrogen and oxygen atoms in total. The molecule has 1 aliphatic carbocycles. The van der Waals surface area contributed by atoms with Gasteiger partial charge in [0.05, 0.1) is 6.20 Å². The van der Waals surface area contributed by atoms with Crippen LogP contribution in [0.5, 0.6) is 0 Å². The van der Waals surface area contributed by atoms with Gasteiger partial charge in [0.2, 0.25) is 9.84 Å². The Bertz CT molecular complexity index is 393. The first-order valence-electron chi connectivity index (χ1n) is 4.61. The minimum absolute atomic E-state index is 0.141. The molecule has 6 heteroatoms. The summed E-state index contributed by atoms with van der Waals surface area (Å²) in [5, 5.41) is 3.13. The fraction of sp³-hybridized carbons (Fsp3) is 0.625. The number of nitrogens with two attached hydrogens (primary N) is 1. The molecular formula is C8H13N3O2S. The Kier molecular flexibility index (Phi) is 2.32. The van der Waals surface area contributed by atoms with Crippen molar-refractivity contribution in [3.63, 3.8) is 0 Å². The Balaban J connectivity index is 1.94. The van der Waals surface area contributed by atoms with Gasteiger partial charge in [-0.3, -0.25) is 0 Å². The summed E-state index contributed by atoms with van der Waals surface area (Å²) in [7, 11) is -3.42. The first-order chi connectivity index (χ1) is 6.60. The summed E-state index contributed by atoms with van der Waals surface area (Å²) < 4.78 is 22.9. The predicted molar refractivity (Wildman–Crippen MR) is 54.3 cm³/mol. The average molecular weight is 215 g/mol. The first-order valence-corrected chi connectivity index (χ1v) is 6.10. The number of hydrogen-bond donors (Lipinski definition) is 2. The normalized spacial score (nSPS) is 25.4. The average Bonchev–Trinajstić information content (AvgIpc) is 2.28. The summed E-state index contributed by atoms with van der Waals surface area (Å²) in [6, 6.07) is 0.453. The smallest absolute Gasteiger partial charge is 0.237 e. The summed E-state index contributed by atoms with van der Waals surface area (Å²) in [6.45, 7) is 0.296. The van der Waals surface area contributed by atoms with Crippen molar-refractivity contribution in [3.8, 4) is 0 Å². The van der Waals surface area contributed by atoms with E-state index < -0.39 is 9.84 Å². The second-order valence-electron chi connectivity index (χ2n) is 3.57. The number of sulfone groups is 1. The van der Waals surface area contributed by atoms with E-state index in [1.807, 2.05) is 0 Å². The fourth-order valence-corrected chi connectivity index (χ4v) is 2.32. The molecule has 0 radical (unpaired) electrons. The molecule has 0 atom stereocenters. The van der Waals surface area contributed by atoms with Crippen LogP contribution in [-0.2, 0) is 9.84 Å². The van der Waals surface area contributed by atoms with Crippen LogP contribution < -0.4 is 11.1 Å². The van der Waals surface area contributed by atoms with Crippen LogP contribution in [0.3, 0.4) is 0 Å². The van der Waals surface area contributed by atoms with E-state index in [1.165, 1.54) is 12.6 Å². The minimum Gasteiger partial charge on any atom is -0.388 e. The lowest BCUT2D eigenvalue weighted by Gasteiger charge is -2.26. The van der Waals surface area contributed by atoms with Crippen LogP contribution in [0.2, 0.25) is 0 Å². The summed E-state index contributed by atoms with van der Waals surface area (Å²) in [5.74, 6) is 0. The maximum absolute atomic E-state index is 11.4. The van der Waals surface area contributed by atoms with Gasteiger partial charge in [-0.2, -0.15) is 0 Å². The molecule has 1 fully saturated rings. The van der Waals surface area contributed by atoms with Crippen LogP contribution in [0.25, 0.3) is 0 Å². The zero-order chi connectivity index (χ0) is 10.2. The van der Waals surface area contributed by atoms with Gasteiger partial charge < -0.3 is 11.1 Å². The van der Waals surface area contributed by atoms with E-state index >= 15 is 0 Å². The maximum Gasteiger partial charge on any atom is 0.237 e. The second-order valence-corrected chi connectivity index (χ2v) is 5.52. The molecule has 0 aromatic carbocycles. The van der Waals surface area contributed by atoms with Crippen LogP contribution in [-0.4, -0.2) is 26.0 Å². The SMILES string of the molecule is NC1=CN=C(CNC2CCC2)S1(=O)=O. The Morgan fingerprint density at radius 1 is 1.57 bits per heavy atom. The van der Waals surface area contributed by atoms with Gasteiger partial charge in [0, 0.05) is 12.6 Å². The quantitative estimate of drug-likeness (QED) is 0.677. The van der Waals surface area contributed by atoms with Gasteiger partial charge in [0.1, 0.15) is 0 Å². The predicted octanol–water partition coefficient (Wildman–Crippen LogP) is -0.287. The van der Waals surface area contributed by atoms with Gasteiger partial charge in [-0.1, -0.05) is 6.42 Å². The molecule has 3 N–H and O–H groups in total. The molecule has 78 valence electrons. The molecular weight excluding hydrogens is 202 g/mol. The summed E-state index contributed by atoms with van der Waals surface area (Å²) in [5.41, 5.74) is 5.29. The largest absolute Gasteiger partial charge is 0.388 e. The van der Waals surface area contributed by atoms with Gasteiger partial charge in [0.25, 0.3) is 0 Å². The zero-order valence-electron chi connectivity index (χ0n) is 7.73. The van der Waals surface area contributed by atoms with Crippen molar-refractivity contribution in [2.24, 2.45) is 10.7 Å². The number of aliphatic imine (C=N–C) groups is 1. The Morgan fingerprint density at radius 2 is 2.29 bits per heavy atom. The molecule has 0 unspecified atom stereocenters. The molecule has 1 saturated carbocycles. The van der Waals surface area contributed by atoms with Crippen LogP contribution in [0.1, 0.15) is 19.3 Å². The van der Waals surface area contributed by atoms with Gasteiger partial charge in [-0.25, -0.2) is 13.4 Å². The molecule has 0 amide bonds. The Labute approximate surface area is 83.0 Å². The molecule has 0 spiro atoms. The third-order valence-corrected chi connectivity index (χ3v) is 4.20. The minimum atomic E-state index is -3.42. The number of hydrogen-bond acceptors (Lipinski definition) is 5.